The van der Waals surface area contributed by atoms with Crippen LogP contribution < -0.4 is 10.1 Å². The molecule has 0 saturated heterocycles. The van der Waals surface area contributed by atoms with Gasteiger partial charge >= 0.3 is 0 Å². The average molecular weight is 320 g/mol. The highest BCUT2D eigenvalue weighted by Gasteiger charge is 2.07. The van der Waals surface area contributed by atoms with E-state index in [2.05, 4.69) is 20.3 Å². The van der Waals surface area contributed by atoms with Gasteiger partial charge in [-0.25, -0.2) is 9.97 Å². The Morgan fingerprint density at radius 3 is 2.50 bits per heavy atom. The zero-order valence-electron chi connectivity index (χ0n) is 13.1. The first kappa shape index (κ1) is 15.6. The van der Waals surface area contributed by atoms with E-state index in [9.17, 15) is 4.79 Å². The van der Waals surface area contributed by atoms with Crippen LogP contribution in [0.4, 0.5) is 0 Å². The van der Waals surface area contributed by atoms with Crippen LogP contribution in [-0.2, 0) is 6.54 Å². The molecule has 0 radical (unpaired) electrons. The highest BCUT2D eigenvalue weighted by molar-refractivity contribution is 5.91. The Labute approximate surface area is 139 Å². The first-order valence-corrected chi connectivity index (χ1v) is 7.45. The molecule has 6 heteroatoms. The number of benzene rings is 1. The minimum atomic E-state index is -0.271. The smallest absolute Gasteiger partial charge is 0.271 e. The van der Waals surface area contributed by atoms with Crippen molar-refractivity contribution in [2.24, 2.45) is 0 Å². The Morgan fingerprint density at radius 1 is 1.00 bits per heavy atom. The lowest BCUT2D eigenvalue weighted by molar-refractivity contribution is 0.0945. The third-order valence-electron chi connectivity index (χ3n) is 3.23. The first-order chi connectivity index (χ1) is 11.7. The zero-order valence-corrected chi connectivity index (χ0v) is 13.1. The van der Waals surface area contributed by atoms with Gasteiger partial charge in [0.15, 0.2) is 0 Å². The van der Waals surface area contributed by atoms with Crippen LogP contribution in [0.3, 0.4) is 0 Å². The zero-order chi connectivity index (χ0) is 16.8. The molecule has 2 heterocycles. The molecule has 0 fully saturated rings. The van der Waals surface area contributed by atoms with Gasteiger partial charge in [-0.05, 0) is 24.6 Å². The van der Waals surface area contributed by atoms with E-state index in [0.717, 1.165) is 17.0 Å². The summed E-state index contributed by atoms with van der Waals surface area (Å²) in [6.45, 7) is 2.17. The van der Waals surface area contributed by atoms with Crippen LogP contribution in [0.2, 0.25) is 0 Å². The van der Waals surface area contributed by atoms with Gasteiger partial charge in [0.05, 0.1) is 11.9 Å². The SMILES string of the molecule is Cc1cnc(C(=O)NCc2ccc(Oc3ccccc3)nc2)cn1. The van der Waals surface area contributed by atoms with Gasteiger partial charge in [-0.15, -0.1) is 0 Å². The van der Waals surface area contributed by atoms with E-state index in [1.54, 1.807) is 18.5 Å². The minimum Gasteiger partial charge on any atom is -0.439 e. The molecule has 0 bridgehead atoms. The first-order valence-electron chi connectivity index (χ1n) is 7.45. The molecule has 1 amide bonds. The Morgan fingerprint density at radius 2 is 1.83 bits per heavy atom. The standard InChI is InChI=1S/C18H16N4O2/c1-13-9-20-16(12-19-13)18(23)22-11-14-7-8-17(21-10-14)24-15-5-3-2-4-6-15/h2-10,12H,11H2,1H3,(H,22,23). The predicted molar refractivity (Wildman–Crippen MR) is 88.7 cm³/mol. The van der Waals surface area contributed by atoms with E-state index in [0.29, 0.717) is 12.4 Å². The third-order valence-corrected chi connectivity index (χ3v) is 3.23. The van der Waals surface area contributed by atoms with Crippen LogP contribution in [0.25, 0.3) is 0 Å². The number of hydrogen-bond acceptors (Lipinski definition) is 5. The van der Waals surface area contributed by atoms with Crippen LogP contribution in [0, 0.1) is 6.92 Å². The maximum absolute atomic E-state index is 12.0. The molecule has 0 spiro atoms. The number of aromatic nitrogens is 3. The lowest BCUT2D eigenvalue weighted by Crippen LogP contribution is -2.24. The number of nitrogens with zero attached hydrogens (tertiary/aromatic N) is 3. The largest absolute Gasteiger partial charge is 0.439 e. The molecule has 1 N–H and O–H groups in total. The lowest BCUT2D eigenvalue weighted by atomic mass is 10.3. The fraction of sp³-hybridized carbons (Fsp3) is 0.111. The number of rotatable bonds is 5. The molecule has 120 valence electrons. The molecule has 24 heavy (non-hydrogen) atoms. The molecule has 3 rings (SSSR count). The Bertz CT molecular complexity index is 803. The third kappa shape index (κ3) is 4.13. The molecule has 0 unspecified atom stereocenters. The molecular formula is C18H16N4O2. The molecule has 6 nitrogen and oxygen atoms in total. The number of carbonyl (C=O) groups excluding carboxylic acids is 1. The fourth-order valence-electron chi connectivity index (χ4n) is 1.97. The molecule has 0 aliphatic rings. The van der Waals surface area contributed by atoms with Crippen LogP contribution >= 0.6 is 0 Å². The van der Waals surface area contributed by atoms with Crippen LogP contribution in [0.5, 0.6) is 11.6 Å². The molecule has 0 aliphatic carbocycles. The number of hydrogen-bond donors (Lipinski definition) is 1. The highest BCUT2D eigenvalue weighted by atomic mass is 16.5. The number of carbonyl (C=O) groups is 1. The summed E-state index contributed by atoms with van der Waals surface area (Å²) in [5, 5.41) is 2.78. The van der Waals surface area contributed by atoms with Crippen molar-refractivity contribution >= 4 is 5.91 Å². The van der Waals surface area contributed by atoms with Crippen molar-refractivity contribution in [3.63, 3.8) is 0 Å². The van der Waals surface area contributed by atoms with Crippen molar-refractivity contribution in [3.8, 4) is 11.6 Å². The summed E-state index contributed by atoms with van der Waals surface area (Å²) in [5.74, 6) is 0.955. The van der Waals surface area contributed by atoms with Crippen LogP contribution in [0.1, 0.15) is 21.7 Å². The Balaban J connectivity index is 1.56. The minimum absolute atomic E-state index is 0.271. The van der Waals surface area contributed by atoms with E-state index in [4.69, 9.17) is 4.74 Å². The monoisotopic (exact) mass is 320 g/mol. The number of para-hydroxylation sites is 1. The summed E-state index contributed by atoms with van der Waals surface area (Å²) in [7, 11) is 0. The molecule has 0 atom stereocenters. The van der Waals surface area contributed by atoms with Crippen molar-refractivity contribution in [3.05, 3.63) is 78.0 Å². The van der Waals surface area contributed by atoms with Gasteiger partial charge in [-0.2, -0.15) is 0 Å². The van der Waals surface area contributed by atoms with Gasteiger partial charge in [-0.1, -0.05) is 24.3 Å². The average Bonchev–Trinajstić information content (AvgIpc) is 2.62. The van der Waals surface area contributed by atoms with Crippen LogP contribution in [0.15, 0.2) is 61.1 Å². The molecule has 2 aromatic heterocycles. The molecule has 0 aliphatic heterocycles. The van der Waals surface area contributed by atoms with E-state index >= 15 is 0 Å². The number of aryl methyl sites for hydroxylation is 1. The second kappa shape index (κ2) is 7.32. The van der Waals surface area contributed by atoms with Gasteiger partial charge in [0.1, 0.15) is 11.4 Å². The van der Waals surface area contributed by atoms with Crippen molar-refractivity contribution in [1.29, 1.82) is 0 Å². The summed E-state index contributed by atoms with van der Waals surface area (Å²) in [4.78, 5) is 24.3. The van der Waals surface area contributed by atoms with Crippen molar-refractivity contribution in [1.82, 2.24) is 20.3 Å². The van der Waals surface area contributed by atoms with Crippen molar-refractivity contribution in [2.45, 2.75) is 13.5 Å². The number of ether oxygens (including phenoxy) is 1. The van der Waals surface area contributed by atoms with Crippen LogP contribution in [-0.4, -0.2) is 20.9 Å². The number of nitrogens with one attached hydrogen (secondary N) is 1. The normalized spacial score (nSPS) is 10.2. The van der Waals surface area contributed by atoms with Crippen molar-refractivity contribution in [2.75, 3.05) is 0 Å². The summed E-state index contributed by atoms with van der Waals surface area (Å²) in [6.07, 6.45) is 4.69. The summed E-state index contributed by atoms with van der Waals surface area (Å²) in [5.41, 5.74) is 1.92. The van der Waals surface area contributed by atoms with Crippen molar-refractivity contribution < 1.29 is 9.53 Å². The molecule has 0 saturated carbocycles. The summed E-state index contributed by atoms with van der Waals surface area (Å²) >= 11 is 0. The second-order valence-electron chi connectivity index (χ2n) is 5.15. The molecule has 1 aromatic carbocycles. The van der Waals surface area contributed by atoms with Gasteiger partial charge in [0, 0.05) is 25.0 Å². The van der Waals surface area contributed by atoms with E-state index in [1.165, 1.54) is 6.20 Å². The fourth-order valence-corrected chi connectivity index (χ4v) is 1.97. The predicted octanol–water partition coefficient (Wildman–Crippen LogP) is 2.90. The molecule has 3 aromatic rings. The van der Waals surface area contributed by atoms with Gasteiger partial charge in [-0.3, -0.25) is 9.78 Å². The molecular weight excluding hydrogens is 304 g/mol. The number of amides is 1. The van der Waals surface area contributed by atoms with E-state index in [-0.39, 0.29) is 11.6 Å². The lowest BCUT2D eigenvalue weighted by Gasteiger charge is -2.07. The topological polar surface area (TPSA) is 77.0 Å². The van der Waals surface area contributed by atoms with E-state index in [1.807, 2.05) is 43.3 Å². The summed E-state index contributed by atoms with van der Waals surface area (Å²) in [6, 6.07) is 13.0. The van der Waals surface area contributed by atoms with Gasteiger partial charge < -0.3 is 10.1 Å². The quantitative estimate of drug-likeness (QED) is 0.782. The second-order valence-corrected chi connectivity index (χ2v) is 5.15. The van der Waals surface area contributed by atoms with Gasteiger partial charge in [0.25, 0.3) is 5.91 Å². The summed E-state index contributed by atoms with van der Waals surface area (Å²) < 4.78 is 5.62. The Hall–Kier alpha value is -3.28. The number of pyridine rings is 1. The van der Waals surface area contributed by atoms with Gasteiger partial charge in [0.2, 0.25) is 5.88 Å². The van der Waals surface area contributed by atoms with E-state index < -0.39 is 0 Å². The Kier molecular flexibility index (Phi) is 4.76. The highest BCUT2D eigenvalue weighted by Crippen LogP contribution is 2.18. The maximum Gasteiger partial charge on any atom is 0.271 e. The maximum atomic E-state index is 12.0.